The predicted molar refractivity (Wildman–Crippen MR) is 116 cm³/mol. The van der Waals surface area contributed by atoms with E-state index >= 15 is 0 Å². The predicted octanol–water partition coefficient (Wildman–Crippen LogP) is 2.52. The molecule has 3 fully saturated rings. The number of hydrazone groups is 1. The Bertz CT molecular complexity index is 920. The van der Waals surface area contributed by atoms with Gasteiger partial charge < -0.3 is 9.22 Å². The van der Waals surface area contributed by atoms with E-state index in [2.05, 4.69) is 29.2 Å². The molecule has 4 heterocycles. The molecule has 4 aliphatic heterocycles. The van der Waals surface area contributed by atoms with Crippen LogP contribution in [-0.2, 0) is 4.79 Å². The molecule has 0 unspecified atom stereocenters. The smallest absolute Gasteiger partial charge is 0.298 e. The number of nitrogens with zero attached hydrogens (tertiary/aromatic N) is 4. The van der Waals surface area contributed by atoms with Crippen molar-refractivity contribution in [2.45, 2.75) is 12.5 Å². The largest absolute Gasteiger partial charge is 0.497 e. The first-order chi connectivity index (χ1) is 14.7. The summed E-state index contributed by atoms with van der Waals surface area (Å²) in [5, 5.41) is 6.61. The van der Waals surface area contributed by atoms with Crippen molar-refractivity contribution in [1.82, 2.24) is 9.91 Å². The summed E-state index contributed by atoms with van der Waals surface area (Å²) in [6.07, 6.45) is 0.732. The molecule has 4 aliphatic rings. The summed E-state index contributed by atoms with van der Waals surface area (Å²) >= 11 is 0. The molecule has 0 aliphatic carbocycles. The maximum absolute atomic E-state index is 13.5. The van der Waals surface area contributed by atoms with E-state index in [1.165, 1.54) is 0 Å². The van der Waals surface area contributed by atoms with Gasteiger partial charge in [0.05, 0.1) is 38.5 Å². The van der Waals surface area contributed by atoms with E-state index in [9.17, 15) is 4.79 Å². The molecular formula is C24H29N4O2+. The summed E-state index contributed by atoms with van der Waals surface area (Å²) in [5.74, 6) is 0.959. The van der Waals surface area contributed by atoms with E-state index < -0.39 is 0 Å². The molecule has 6 rings (SSSR count). The van der Waals surface area contributed by atoms with Crippen LogP contribution in [0.3, 0.4) is 0 Å². The molecule has 2 aromatic carbocycles. The molecular weight excluding hydrogens is 376 g/mol. The Labute approximate surface area is 177 Å². The van der Waals surface area contributed by atoms with Gasteiger partial charge in [-0.2, -0.15) is 5.10 Å². The van der Waals surface area contributed by atoms with Crippen LogP contribution in [0.4, 0.5) is 0 Å². The molecule has 0 N–H and O–H groups in total. The quantitative estimate of drug-likeness (QED) is 0.718. The lowest BCUT2D eigenvalue weighted by Crippen LogP contribution is -2.69. The SMILES string of the molecule is COc1ccc([C@H]2CC(c3ccccc3)=NN2C(=O)C[N+]23CCN(CC2)CC3)cc1. The Morgan fingerprint density at radius 2 is 1.70 bits per heavy atom. The number of benzene rings is 2. The third-order valence-corrected chi connectivity index (χ3v) is 6.92. The van der Waals surface area contributed by atoms with E-state index in [4.69, 9.17) is 9.84 Å². The number of carbonyl (C=O) groups is 1. The lowest BCUT2D eigenvalue weighted by atomic mass is 9.98. The van der Waals surface area contributed by atoms with Gasteiger partial charge in [0.15, 0.2) is 6.54 Å². The van der Waals surface area contributed by atoms with E-state index in [1.54, 1.807) is 12.1 Å². The Morgan fingerprint density at radius 3 is 2.33 bits per heavy atom. The summed E-state index contributed by atoms with van der Waals surface area (Å²) < 4.78 is 6.23. The van der Waals surface area contributed by atoms with E-state index in [1.807, 2.05) is 30.3 Å². The maximum atomic E-state index is 13.5. The Hall–Kier alpha value is -2.70. The fraction of sp³-hybridized carbons (Fsp3) is 0.417. The van der Waals surface area contributed by atoms with Crippen LogP contribution in [0, 0.1) is 0 Å². The van der Waals surface area contributed by atoms with Gasteiger partial charge in [-0.05, 0) is 23.3 Å². The number of ether oxygens (including phenoxy) is 1. The van der Waals surface area contributed by atoms with Crippen molar-refractivity contribution >= 4 is 11.6 Å². The molecule has 6 nitrogen and oxygen atoms in total. The van der Waals surface area contributed by atoms with E-state index in [0.29, 0.717) is 6.54 Å². The van der Waals surface area contributed by atoms with Crippen LogP contribution >= 0.6 is 0 Å². The second-order valence-electron chi connectivity index (χ2n) is 8.66. The second kappa shape index (κ2) is 7.85. The van der Waals surface area contributed by atoms with Crippen molar-refractivity contribution in [3.8, 4) is 5.75 Å². The zero-order chi connectivity index (χ0) is 20.6. The average Bonchev–Trinajstić information content (AvgIpc) is 3.26. The molecule has 1 atom stereocenters. The number of piperazine rings is 3. The number of methoxy groups -OCH3 is 1. The fourth-order valence-corrected chi connectivity index (χ4v) is 4.96. The summed E-state index contributed by atoms with van der Waals surface area (Å²) in [7, 11) is 1.67. The van der Waals surface area contributed by atoms with Crippen molar-refractivity contribution in [2.75, 3.05) is 52.9 Å². The van der Waals surface area contributed by atoms with Crippen LogP contribution in [0.1, 0.15) is 23.6 Å². The van der Waals surface area contributed by atoms with Gasteiger partial charge in [-0.15, -0.1) is 0 Å². The number of carbonyl (C=O) groups excluding carboxylic acids is 1. The first-order valence-electron chi connectivity index (χ1n) is 10.8. The van der Waals surface area contributed by atoms with Gasteiger partial charge in [-0.1, -0.05) is 42.5 Å². The highest BCUT2D eigenvalue weighted by Gasteiger charge is 2.43. The van der Waals surface area contributed by atoms with Crippen LogP contribution in [0.2, 0.25) is 0 Å². The van der Waals surface area contributed by atoms with Gasteiger partial charge >= 0.3 is 0 Å². The minimum atomic E-state index is -0.0668. The van der Waals surface area contributed by atoms with Gasteiger partial charge in [0.1, 0.15) is 5.75 Å². The minimum Gasteiger partial charge on any atom is -0.497 e. The third kappa shape index (κ3) is 3.61. The molecule has 0 aromatic heterocycles. The fourth-order valence-electron chi connectivity index (χ4n) is 4.96. The van der Waals surface area contributed by atoms with E-state index in [0.717, 1.165) is 72.8 Å². The zero-order valence-electron chi connectivity index (χ0n) is 17.5. The van der Waals surface area contributed by atoms with Gasteiger partial charge in [-0.3, -0.25) is 9.69 Å². The number of hydrogen-bond donors (Lipinski definition) is 0. The lowest BCUT2D eigenvalue weighted by Gasteiger charge is -2.50. The van der Waals surface area contributed by atoms with Crippen molar-refractivity contribution in [1.29, 1.82) is 0 Å². The monoisotopic (exact) mass is 405 g/mol. The summed E-state index contributed by atoms with van der Waals surface area (Å²) in [6.45, 7) is 7.08. The molecule has 156 valence electrons. The van der Waals surface area contributed by atoms with Crippen LogP contribution < -0.4 is 4.74 Å². The van der Waals surface area contributed by atoms with Crippen LogP contribution in [0.15, 0.2) is 59.7 Å². The molecule has 3 saturated heterocycles. The molecule has 0 saturated carbocycles. The molecule has 0 radical (unpaired) electrons. The number of amides is 1. The highest BCUT2D eigenvalue weighted by atomic mass is 16.5. The highest BCUT2D eigenvalue weighted by Crippen LogP contribution is 2.34. The number of hydrogen-bond acceptors (Lipinski definition) is 4. The van der Waals surface area contributed by atoms with Gasteiger partial charge in [0.25, 0.3) is 5.91 Å². The van der Waals surface area contributed by atoms with Crippen LogP contribution in [-0.4, -0.2) is 78.9 Å². The maximum Gasteiger partial charge on any atom is 0.298 e. The number of fused-ring (bicyclic) bond motifs is 3. The van der Waals surface area contributed by atoms with Crippen LogP contribution in [0.5, 0.6) is 5.75 Å². The number of rotatable bonds is 5. The topological polar surface area (TPSA) is 45.1 Å². The van der Waals surface area contributed by atoms with Crippen molar-refractivity contribution < 1.29 is 14.0 Å². The highest BCUT2D eigenvalue weighted by molar-refractivity contribution is 6.03. The van der Waals surface area contributed by atoms with Crippen LogP contribution in [0.25, 0.3) is 0 Å². The molecule has 30 heavy (non-hydrogen) atoms. The van der Waals surface area contributed by atoms with Gasteiger partial charge in [0, 0.05) is 26.1 Å². The third-order valence-electron chi connectivity index (χ3n) is 6.92. The molecule has 2 aromatic rings. The molecule has 1 amide bonds. The Morgan fingerprint density at radius 1 is 1.03 bits per heavy atom. The molecule has 2 bridgehead atoms. The van der Waals surface area contributed by atoms with Crippen molar-refractivity contribution in [3.63, 3.8) is 0 Å². The van der Waals surface area contributed by atoms with Gasteiger partial charge in [0.2, 0.25) is 0 Å². The summed E-state index contributed by atoms with van der Waals surface area (Å²) in [4.78, 5) is 16.0. The minimum absolute atomic E-state index is 0.0668. The Balaban J connectivity index is 1.42. The first-order valence-corrected chi connectivity index (χ1v) is 10.8. The molecule has 0 spiro atoms. The first kappa shape index (κ1) is 19.3. The zero-order valence-corrected chi connectivity index (χ0v) is 17.5. The molecule has 6 heteroatoms. The van der Waals surface area contributed by atoms with Crippen molar-refractivity contribution in [2.24, 2.45) is 5.10 Å². The lowest BCUT2D eigenvalue weighted by molar-refractivity contribution is -0.934. The van der Waals surface area contributed by atoms with Gasteiger partial charge in [-0.25, -0.2) is 5.01 Å². The van der Waals surface area contributed by atoms with Crippen molar-refractivity contribution in [3.05, 3.63) is 65.7 Å². The normalized spacial score (nSPS) is 27.8. The summed E-state index contributed by atoms with van der Waals surface area (Å²) in [6, 6.07) is 18.2. The average molecular weight is 406 g/mol. The summed E-state index contributed by atoms with van der Waals surface area (Å²) in [5.41, 5.74) is 3.17. The Kier molecular flexibility index (Phi) is 5.05. The second-order valence-corrected chi connectivity index (χ2v) is 8.66. The van der Waals surface area contributed by atoms with E-state index in [-0.39, 0.29) is 11.9 Å². The number of quaternary nitrogens is 1. The standard InChI is InChI=1S/C24H29N4O2/c1-30-21-9-7-20(8-10-21)23-17-22(19-5-3-2-4-6-19)25-27(23)24(29)18-28-14-11-26(12-15-28)13-16-28/h2-10,23H,11-18H2,1H3/q+1/t23-/m1/s1.